The summed E-state index contributed by atoms with van der Waals surface area (Å²) < 4.78 is 13.3. The van der Waals surface area contributed by atoms with E-state index in [0.717, 1.165) is 5.56 Å². The fourth-order valence-corrected chi connectivity index (χ4v) is 3.09. The minimum atomic E-state index is -0.408. The number of amides is 2. The van der Waals surface area contributed by atoms with Crippen molar-refractivity contribution in [2.24, 2.45) is 0 Å². The Kier molecular flexibility index (Phi) is 5.43. The van der Waals surface area contributed by atoms with Crippen LogP contribution in [0, 0.1) is 5.82 Å². The van der Waals surface area contributed by atoms with Crippen molar-refractivity contribution in [3.05, 3.63) is 71.5 Å². The third-order valence-electron chi connectivity index (χ3n) is 4.43. The molecule has 1 fully saturated rings. The van der Waals surface area contributed by atoms with Crippen LogP contribution in [0.15, 0.2) is 54.6 Å². The molecule has 4 nitrogen and oxygen atoms in total. The first kappa shape index (κ1) is 17.1. The molecule has 2 aromatic carbocycles. The summed E-state index contributed by atoms with van der Waals surface area (Å²) >= 11 is 0. The van der Waals surface area contributed by atoms with Gasteiger partial charge in [0.05, 0.1) is 6.42 Å². The van der Waals surface area contributed by atoms with E-state index >= 15 is 0 Å². The van der Waals surface area contributed by atoms with Crippen molar-refractivity contribution in [1.29, 1.82) is 0 Å². The van der Waals surface area contributed by atoms with E-state index in [1.807, 2.05) is 30.3 Å². The minimum absolute atomic E-state index is 0.00102. The summed E-state index contributed by atoms with van der Waals surface area (Å²) in [6, 6.07) is 15.4. The maximum Gasteiger partial charge on any atom is 0.253 e. The number of nitrogens with one attached hydrogen (secondary N) is 1. The van der Waals surface area contributed by atoms with Gasteiger partial charge in [0.25, 0.3) is 5.91 Å². The molecule has 0 atom stereocenters. The zero-order valence-electron chi connectivity index (χ0n) is 14.0. The monoisotopic (exact) mass is 340 g/mol. The maximum absolute atomic E-state index is 13.3. The fourth-order valence-electron chi connectivity index (χ4n) is 3.09. The summed E-state index contributed by atoms with van der Waals surface area (Å²) in [6.45, 7) is 1.12. The topological polar surface area (TPSA) is 49.4 Å². The Hall–Kier alpha value is -2.69. The van der Waals surface area contributed by atoms with Crippen molar-refractivity contribution in [3.8, 4) is 0 Å². The fraction of sp³-hybridized carbons (Fsp3) is 0.300. The van der Waals surface area contributed by atoms with Gasteiger partial charge in [-0.15, -0.1) is 0 Å². The zero-order chi connectivity index (χ0) is 17.6. The average molecular weight is 340 g/mol. The first-order valence-electron chi connectivity index (χ1n) is 8.50. The third-order valence-corrected chi connectivity index (χ3v) is 4.43. The quantitative estimate of drug-likeness (QED) is 0.930. The molecule has 3 rings (SSSR count). The number of carbonyl (C=O) groups is 2. The molecule has 1 saturated heterocycles. The lowest BCUT2D eigenvalue weighted by atomic mass is 10.0. The first-order chi connectivity index (χ1) is 12.1. The van der Waals surface area contributed by atoms with E-state index in [4.69, 9.17) is 0 Å². The molecule has 0 radical (unpaired) electrons. The second kappa shape index (κ2) is 7.92. The number of nitrogens with zero attached hydrogens (tertiary/aromatic N) is 1. The Labute approximate surface area is 146 Å². The molecule has 25 heavy (non-hydrogen) atoms. The molecule has 0 spiro atoms. The second-order valence-electron chi connectivity index (χ2n) is 6.31. The van der Waals surface area contributed by atoms with Crippen LogP contribution in [0.5, 0.6) is 0 Å². The molecule has 1 aliphatic heterocycles. The Morgan fingerprint density at radius 3 is 2.44 bits per heavy atom. The highest BCUT2D eigenvalue weighted by Gasteiger charge is 2.24. The highest BCUT2D eigenvalue weighted by molar-refractivity contribution is 5.94. The molecular weight excluding hydrogens is 319 g/mol. The molecule has 2 amide bonds. The molecule has 0 unspecified atom stereocenters. The van der Waals surface area contributed by atoms with Gasteiger partial charge in [0.15, 0.2) is 0 Å². The normalized spacial score (nSPS) is 15.0. The van der Waals surface area contributed by atoms with Gasteiger partial charge in [-0.2, -0.15) is 0 Å². The van der Waals surface area contributed by atoms with Crippen molar-refractivity contribution >= 4 is 11.8 Å². The Bertz CT molecular complexity index is 740. The number of hydrogen-bond donors (Lipinski definition) is 1. The highest BCUT2D eigenvalue weighted by Crippen LogP contribution is 2.15. The predicted molar refractivity (Wildman–Crippen MR) is 93.6 cm³/mol. The van der Waals surface area contributed by atoms with Crippen molar-refractivity contribution in [3.63, 3.8) is 0 Å². The maximum atomic E-state index is 13.3. The van der Waals surface area contributed by atoms with Gasteiger partial charge in [-0.3, -0.25) is 9.59 Å². The van der Waals surface area contributed by atoms with E-state index in [0.29, 0.717) is 37.9 Å². The van der Waals surface area contributed by atoms with E-state index in [2.05, 4.69) is 5.32 Å². The summed E-state index contributed by atoms with van der Waals surface area (Å²) in [5.74, 6) is -0.566. The lowest BCUT2D eigenvalue weighted by Gasteiger charge is -2.32. The van der Waals surface area contributed by atoms with Gasteiger partial charge < -0.3 is 10.2 Å². The summed E-state index contributed by atoms with van der Waals surface area (Å²) in [6.07, 6.45) is 1.78. The Morgan fingerprint density at radius 1 is 1.04 bits per heavy atom. The molecule has 1 aliphatic rings. The van der Waals surface area contributed by atoms with Gasteiger partial charge in [0.1, 0.15) is 5.82 Å². The number of rotatable bonds is 4. The number of carbonyl (C=O) groups excluding carboxylic acids is 2. The molecule has 1 heterocycles. The van der Waals surface area contributed by atoms with E-state index in [1.165, 1.54) is 12.1 Å². The number of benzene rings is 2. The SMILES string of the molecule is O=C(Cc1ccccc1)NC1CCN(C(=O)c2cccc(F)c2)CC1. The highest BCUT2D eigenvalue weighted by atomic mass is 19.1. The van der Waals surface area contributed by atoms with Crippen LogP contribution in [-0.2, 0) is 11.2 Å². The Balaban J connectivity index is 1.48. The van der Waals surface area contributed by atoms with Crippen molar-refractivity contribution < 1.29 is 14.0 Å². The molecule has 130 valence electrons. The van der Waals surface area contributed by atoms with Crippen LogP contribution in [0.25, 0.3) is 0 Å². The van der Waals surface area contributed by atoms with Gasteiger partial charge in [-0.25, -0.2) is 4.39 Å². The molecule has 0 aliphatic carbocycles. The lowest BCUT2D eigenvalue weighted by molar-refractivity contribution is -0.121. The van der Waals surface area contributed by atoms with E-state index in [9.17, 15) is 14.0 Å². The number of halogens is 1. The van der Waals surface area contributed by atoms with Crippen LogP contribution in [0.2, 0.25) is 0 Å². The summed E-state index contributed by atoms with van der Waals surface area (Å²) in [4.78, 5) is 26.2. The Morgan fingerprint density at radius 2 is 1.76 bits per heavy atom. The molecular formula is C20H21FN2O2. The van der Waals surface area contributed by atoms with Crippen molar-refractivity contribution in [2.75, 3.05) is 13.1 Å². The van der Waals surface area contributed by atoms with Crippen molar-refractivity contribution in [1.82, 2.24) is 10.2 Å². The molecule has 0 bridgehead atoms. The van der Waals surface area contributed by atoms with Crippen LogP contribution in [0.3, 0.4) is 0 Å². The largest absolute Gasteiger partial charge is 0.353 e. The molecule has 0 aromatic heterocycles. The number of piperidine rings is 1. The van der Waals surface area contributed by atoms with Crippen LogP contribution < -0.4 is 5.32 Å². The lowest BCUT2D eigenvalue weighted by Crippen LogP contribution is -2.46. The van der Waals surface area contributed by atoms with Crippen LogP contribution in [0.1, 0.15) is 28.8 Å². The van der Waals surface area contributed by atoms with E-state index in [-0.39, 0.29) is 17.9 Å². The van der Waals surface area contributed by atoms with Gasteiger partial charge in [0.2, 0.25) is 5.91 Å². The number of hydrogen-bond acceptors (Lipinski definition) is 2. The van der Waals surface area contributed by atoms with E-state index in [1.54, 1.807) is 17.0 Å². The van der Waals surface area contributed by atoms with Crippen LogP contribution >= 0.6 is 0 Å². The minimum Gasteiger partial charge on any atom is -0.353 e. The van der Waals surface area contributed by atoms with E-state index < -0.39 is 5.82 Å². The molecule has 0 saturated carbocycles. The van der Waals surface area contributed by atoms with Gasteiger partial charge >= 0.3 is 0 Å². The van der Waals surface area contributed by atoms with Gasteiger partial charge in [-0.1, -0.05) is 36.4 Å². The van der Waals surface area contributed by atoms with Gasteiger partial charge in [0, 0.05) is 24.7 Å². The standard InChI is InChI=1S/C20H21FN2O2/c21-17-8-4-7-16(14-17)20(25)23-11-9-18(10-12-23)22-19(24)13-15-5-2-1-3-6-15/h1-8,14,18H,9-13H2,(H,22,24). The number of likely N-dealkylation sites (tertiary alicyclic amines) is 1. The van der Waals surface area contributed by atoms with Gasteiger partial charge in [-0.05, 0) is 36.6 Å². The average Bonchev–Trinajstić information content (AvgIpc) is 2.62. The summed E-state index contributed by atoms with van der Waals surface area (Å²) in [7, 11) is 0. The third kappa shape index (κ3) is 4.66. The van der Waals surface area contributed by atoms with Crippen molar-refractivity contribution in [2.45, 2.75) is 25.3 Å². The zero-order valence-corrected chi connectivity index (χ0v) is 14.0. The molecule has 5 heteroatoms. The summed E-state index contributed by atoms with van der Waals surface area (Å²) in [5, 5.41) is 3.04. The molecule has 2 aromatic rings. The van der Waals surface area contributed by atoms with Crippen LogP contribution in [-0.4, -0.2) is 35.8 Å². The predicted octanol–water partition coefficient (Wildman–Crippen LogP) is 2.79. The summed E-state index contributed by atoms with van der Waals surface area (Å²) in [5.41, 5.74) is 1.35. The van der Waals surface area contributed by atoms with Crippen LogP contribution in [0.4, 0.5) is 4.39 Å². The molecule has 1 N–H and O–H groups in total. The smallest absolute Gasteiger partial charge is 0.253 e. The second-order valence-corrected chi connectivity index (χ2v) is 6.31. The first-order valence-corrected chi connectivity index (χ1v) is 8.50.